The van der Waals surface area contributed by atoms with E-state index in [1.54, 1.807) is 13.3 Å². The molecule has 3 heteroatoms. The Morgan fingerprint density at radius 1 is 1.40 bits per heavy atom. The van der Waals surface area contributed by atoms with Crippen molar-refractivity contribution in [1.82, 2.24) is 4.98 Å². The van der Waals surface area contributed by atoms with Crippen molar-refractivity contribution in [2.24, 2.45) is 5.92 Å². The average Bonchev–Trinajstić information content (AvgIpc) is 2.30. The van der Waals surface area contributed by atoms with Gasteiger partial charge in [-0.1, -0.05) is 26.7 Å². The van der Waals surface area contributed by atoms with Gasteiger partial charge < -0.3 is 9.84 Å². The van der Waals surface area contributed by atoms with Crippen molar-refractivity contribution in [3.63, 3.8) is 0 Å². The normalized spacial score (nSPS) is 12.9. The molecule has 0 aromatic carbocycles. The Morgan fingerprint density at radius 2 is 2.07 bits per heavy atom. The van der Waals surface area contributed by atoms with Gasteiger partial charge in [0.1, 0.15) is 0 Å². The molecular weight excluding hydrogens is 190 g/mol. The van der Waals surface area contributed by atoms with Crippen LogP contribution in [0, 0.1) is 5.92 Å². The number of aromatic nitrogens is 1. The Labute approximate surface area is 91.1 Å². The second kappa shape index (κ2) is 5.71. The van der Waals surface area contributed by atoms with Gasteiger partial charge in [0.15, 0.2) is 0 Å². The quantitative estimate of drug-likeness (QED) is 0.810. The van der Waals surface area contributed by atoms with E-state index in [0.717, 1.165) is 18.4 Å². The number of rotatable bonds is 5. The molecule has 1 atom stereocenters. The van der Waals surface area contributed by atoms with Crippen molar-refractivity contribution in [2.75, 3.05) is 7.11 Å². The average molecular weight is 209 g/mol. The van der Waals surface area contributed by atoms with Crippen molar-refractivity contribution < 1.29 is 9.84 Å². The van der Waals surface area contributed by atoms with Gasteiger partial charge in [-0.2, -0.15) is 0 Å². The zero-order chi connectivity index (χ0) is 11.3. The molecule has 84 valence electrons. The smallest absolute Gasteiger partial charge is 0.218 e. The van der Waals surface area contributed by atoms with Crippen LogP contribution >= 0.6 is 0 Å². The zero-order valence-corrected chi connectivity index (χ0v) is 9.60. The molecule has 0 radical (unpaired) electrons. The highest BCUT2D eigenvalue weighted by Gasteiger charge is 2.21. The molecular formula is C12H19NO2. The summed E-state index contributed by atoms with van der Waals surface area (Å²) in [6.07, 6.45) is 3.09. The largest absolute Gasteiger partial charge is 0.481 e. The predicted octanol–water partition coefficient (Wildman–Crippen LogP) is 2.56. The number of aliphatic hydroxyl groups is 1. The van der Waals surface area contributed by atoms with Gasteiger partial charge in [0.2, 0.25) is 5.88 Å². The second-order valence-corrected chi connectivity index (χ2v) is 3.62. The lowest BCUT2D eigenvalue weighted by Gasteiger charge is -2.21. The van der Waals surface area contributed by atoms with Crippen LogP contribution in [-0.2, 0) is 0 Å². The van der Waals surface area contributed by atoms with E-state index in [1.165, 1.54) is 0 Å². The number of pyridine rings is 1. The van der Waals surface area contributed by atoms with Crippen molar-refractivity contribution >= 4 is 0 Å². The summed E-state index contributed by atoms with van der Waals surface area (Å²) >= 11 is 0. The molecule has 1 aromatic rings. The number of methoxy groups -OCH3 is 1. The number of hydrogen-bond donors (Lipinski definition) is 1. The fraction of sp³-hybridized carbons (Fsp3) is 0.583. The third kappa shape index (κ3) is 2.69. The van der Waals surface area contributed by atoms with E-state index in [2.05, 4.69) is 18.8 Å². The van der Waals surface area contributed by atoms with E-state index in [4.69, 9.17) is 4.74 Å². The maximum Gasteiger partial charge on any atom is 0.218 e. The summed E-state index contributed by atoms with van der Waals surface area (Å²) in [6, 6.07) is 3.69. The van der Waals surface area contributed by atoms with E-state index in [1.807, 2.05) is 12.1 Å². The minimum absolute atomic E-state index is 0.267. The van der Waals surface area contributed by atoms with Crippen molar-refractivity contribution in [3.05, 3.63) is 23.9 Å². The summed E-state index contributed by atoms with van der Waals surface area (Å²) in [6.45, 7) is 4.17. The Hall–Kier alpha value is -1.09. The second-order valence-electron chi connectivity index (χ2n) is 3.62. The molecule has 1 aromatic heterocycles. The van der Waals surface area contributed by atoms with Crippen molar-refractivity contribution in [3.8, 4) is 5.88 Å². The first-order valence-corrected chi connectivity index (χ1v) is 5.41. The summed E-state index contributed by atoms with van der Waals surface area (Å²) in [7, 11) is 1.57. The molecule has 0 aliphatic carbocycles. The standard InChI is InChI=1S/C12H19NO2/c1-4-9(5-2)11(14)10-7-6-8-13-12(10)15-3/h6-9,11,14H,4-5H2,1-3H3. The molecule has 15 heavy (non-hydrogen) atoms. The lowest BCUT2D eigenvalue weighted by molar-refractivity contribution is 0.0997. The summed E-state index contributed by atoms with van der Waals surface area (Å²) in [5.74, 6) is 0.792. The maximum absolute atomic E-state index is 10.2. The minimum Gasteiger partial charge on any atom is -0.481 e. The summed E-state index contributed by atoms with van der Waals surface area (Å²) in [4.78, 5) is 4.09. The van der Waals surface area contributed by atoms with Crippen LogP contribution in [0.3, 0.4) is 0 Å². The van der Waals surface area contributed by atoms with E-state index < -0.39 is 6.10 Å². The Bertz CT molecular complexity index is 297. The molecule has 0 amide bonds. The molecule has 1 heterocycles. The molecule has 1 unspecified atom stereocenters. The Morgan fingerprint density at radius 3 is 2.60 bits per heavy atom. The Kier molecular flexibility index (Phi) is 4.56. The first kappa shape index (κ1) is 12.0. The van der Waals surface area contributed by atoms with Gasteiger partial charge in [-0.15, -0.1) is 0 Å². The summed E-state index contributed by atoms with van der Waals surface area (Å²) < 4.78 is 5.13. The van der Waals surface area contributed by atoms with Crippen LogP contribution < -0.4 is 4.74 Å². The van der Waals surface area contributed by atoms with Gasteiger partial charge >= 0.3 is 0 Å². The third-order valence-corrected chi connectivity index (χ3v) is 2.81. The van der Waals surface area contributed by atoms with E-state index >= 15 is 0 Å². The van der Waals surface area contributed by atoms with Crippen LogP contribution in [0.15, 0.2) is 18.3 Å². The number of aliphatic hydroxyl groups excluding tert-OH is 1. The van der Waals surface area contributed by atoms with Crippen LogP contribution in [0.5, 0.6) is 5.88 Å². The molecule has 0 fully saturated rings. The van der Waals surface area contributed by atoms with Crippen LogP contribution in [0.1, 0.15) is 38.4 Å². The summed E-state index contributed by atoms with van der Waals surface area (Å²) in [5.41, 5.74) is 0.786. The van der Waals surface area contributed by atoms with E-state index in [-0.39, 0.29) is 5.92 Å². The van der Waals surface area contributed by atoms with Gasteiger partial charge in [0.25, 0.3) is 0 Å². The SMILES string of the molecule is CCC(CC)C(O)c1cccnc1OC. The molecule has 3 nitrogen and oxygen atoms in total. The Balaban J connectivity index is 2.93. The van der Waals surface area contributed by atoms with Gasteiger partial charge in [-0.3, -0.25) is 0 Å². The number of nitrogens with zero attached hydrogens (tertiary/aromatic N) is 1. The minimum atomic E-state index is -0.483. The van der Waals surface area contributed by atoms with Gasteiger partial charge in [0, 0.05) is 11.8 Å². The maximum atomic E-state index is 10.2. The monoisotopic (exact) mass is 209 g/mol. The molecule has 0 aliphatic heterocycles. The summed E-state index contributed by atoms with van der Waals surface area (Å²) in [5, 5.41) is 10.2. The highest BCUT2D eigenvalue weighted by atomic mass is 16.5. The number of ether oxygens (including phenoxy) is 1. The van der Waals surface area contributed by atoms with Crippen LogP contribution in [0.25, 0.3) is 0 Å². The van der Waals surface area contributed by atoms with Crippen LogP contribution in [0.4, 0.5) is 0 Å². The lowest BCUT2D eigenvalue weighted by atomic mass is 9.92. The fourth-order valence-corrected chi connectivity index (χ4v) is 1.79. The first-order valence-electron chi connectivity index (χ1n) is 5.41. The zero-order valence-electron chi connectivity index (χ0n) is 9.60. The highest BCUT2D eigenvalue weighted by molar-refractivity contribution is 5.28. The molecule has 0 aliphatic rings. The van der Waals surface area contributed by atoms with Crippen molar-refractivity contribution in [2.45, 2.75) is 32.8 Å². The molecule has 0 saturated carbocycles. The van der Waals surface area contributed by atoms with Gasteiger partial charge in [-0.25, -0.2) is 4.98 Å². The van der Waals surface area contributed by atoms with Crippen molar-refractivity contribution in [1.29, 1.82) is 0 Å². The van der Waals surface area contributed by atoms with Crippen LogP contribution in [0.2, 0.25) is 0 Å². The number of hydrogen-bond acceptors (Lipinski definition) is 3. The van der Waals surface area contributed by atoms with E-state index in [9.17, 15) is 5.11 Å². The molecule has 1 rings (SSSR count). The first-order chi connectivity index (χ1) is 7.24. The topological polar surface area (TPSA) is 42.4 Å². The predicted molar refractivity (Wildman–Crippen MR) is 59.8 cm³/mol. The molecule has 0 saturated heterocycles. The third-order valence-electron chi connectivity index (χ3n) is 2.81. The highest BCUT2D eigenvalue weighted by Crippen LogP contribution is 2.31. The molecule has 1 N–H and O–H groups in total. The van der Waals surface area contributed by atoms with Gasteiger partial charge in [-0.05, 0) is 18.1 Å². The molecule has 0 bridgehead atoms. The van der Waals surface area contributed by atoms with E-state index in [0.29, 0.717) is 5.88 Å². The molecule has 0 spiro atoms. The van der Waals surface area contributed by atoms with Gasteiger partial charge in [0.05, 0.1) is 13.2 Å². The van der Waals surface area contributed by atoms with Crippen LogP contribution in [-0.4, -0.2) is 17.2 Å². The lowest BCUT2D eigenvalue weighted by Crippen LogP contribution is -2.12. The fourth-order valence-electron chi connectivity index (χ4n) is 1.79.